The van der Waals surface area contributed by atoms with Gasteiger partial charge in [0.25, 0.3) is 0 Å². The van der Waals surface area contributed by atoms with Gasteiger partial charge in [-0.25, -0.2) is 4.98 Å². The van der Waals surface area contributed by atoms with Crippen LogP contribution < -0.4 is 0 Å². The maximum absolute atomic E-state index is 10.7. The number of imidazole rings is 1. The van der Waals surface area contributed by atoms with E-state index in [1.807, 2.05) is 36.8 Å². The Balaban J connectivity index is 2.38. The molecule has 4 nitrogen and oxygen atoms in total. The highest BCUT2D eigenvalue weighted by Crippen LogP contribution is 2.26. The highest BCUT2D eigenvalue weighted by atomic mass is 16.4. The molecule has 0 aliphatic heterocycles. The summed E-state index contributed by atoms with van der Waals surface area (Å²) in [5.74, 6) is -0.771. The van der Waals surface area contributed by atoms with Crippen LogP contribution in [0, 0.1) is 0 Å². The normalized spacial score (nSPS) is 10.9. The van der Waals surface area contributed by atoms with Gasteiger partial charge >= 0.3 is 5.97 Å². The lowest BCUT2D eigenvalue weighted by Crippen LogP contribution is -2.04. The molecule has 0 spiro atoms. The van der Waals surface area contributed by atoms with E-state index in [2.05, 4.69) is 23.4 Å². The minimum absolute atomic E-state index is 0.146. The van der Waals surface area contributed by atoms with Crippen molar-refractivity contribution in [2.75, 3.05) is 0 Å². The molecule has 0 fully saturated rings. The predicted molar refractivity (Wildman–Crippen MR) is 74.0 cm³/mol. The number of aliphatic carboxylic acids is 1. The molecule has 0 amide bonds. The molecule has 100 valence electrons. The number of hydrogen-bond acceptors (Lipinski definition) is 2. The minimum atomic E-state index is -0.771. The van der Waals surface area contributed by atoms with Crippen LogP contribution in [0.4, 0.5) is 0 Å². The number of carboxylic acid groups (broad SMARTS) is 1. The Bertz CT molecular complexity index is 573. The number of aromatic nitrogens is 2. The van der Waals surface area contributed by atoms with Gasteiger partial charge in [0, 0.05) is 18.0 Å². The summed E-state index contributed by atoms with van der Waals surface area (Å²) in [6, 6.07) is 8.24. The van der Waals surface area contributed by atoms with Crippen molar-refractivity contribution in [1.82, 2.24) is 9.55 Å². The summed E-state index contributed by atoms with van der Waals surface area (Å²) in [6.45, 7) is 4.20. The fourth-order valence-corrected chi connectivity index (χ4v) is 2.15. The molecule has 1 aromatic heterocycles. The van der Waals surface area contributed by atoms with E-state index in [0.717, 1.165) is 16.8 Å². The standard InChI is InChI=1S/C15H18N2O2/c1-11(2)17-10-16-9-14(17)13-6-4-3-5-12(13)7-8-15(18)19/h3-6,9-11H,7-8H2,1-2H3,(H,18,19). The third kappa shape index (κ3) is 3.02. The molecule has 0 atom stereocenters. The molecule has 19 heavy (non-hydrogen) atoms. The minimum Gasteiger partial charge on any atom is -0.481 e. The summed E-state index contributed by atoms with van der Waals surface area (Å²) in [4.78, 5) is 14.9. The number of rotatable bonds is 5. The first kappa shape index (κ1) is 13.3. The first-order chi connectivity index (χ1) is 9.09. The Kier molecular flexibility index (Phi) is 4.00. The molecule has 2 rings (SSSR count). The van der Waals surface area contributed by atoms with Crippen LogP contribution in [0.15, 0.2) is 36.8 Å². The van der Waals surface area contributed by atoms with Crippen LogP contribution >= 0.6 is 0 Å². The highest BCUT2D eigenvalue weighted by molar-refractivity contribution is 5.69. The van der Waals surface area contributed by atoms with Gasteiger partial charge in [0.15, 0.2) is 0 Å². The van der Waals surface area contributed by atoms with Crippen molar-refractivity contribution in [3.05, 3.63) is 42.4 Å². The molecule has 1 N–H and O–H groups in total. The second-order valence-corrected chi connectivity index (χ2v) is 4.83. The zero-order valence-electron chi connectivity index (χ0n) is 11.2. The maximum Gasteiger partial charge on any atom is 0.303 e. The van der Waals surface area contributed by atoms with E-state index in [9.17, 15) is 4.79 Å². The molecule has 0 bridgehead atoms. The van der Waals surface area contributed by atoms with Gasteiger partial charge in [-0.3, -0.25) is 4.79 Å². The summed E-state index contributed by atoms with van der Waals surface area (Å²) in [6.07, 6.45) is 4.33. The van der Waals surface area contributed by atoms with E-state index in [1.54, 1.807) is 0 Å². The summed E-state index contributed by atoms with van der Waals surface area (Å²) in [5.41, 5.74) is 3.15. The summed E-state index contributed by atoms with van der Waals surface area (Å²) in [7, 11) is 0. The molecule has 0 aliphatic carbocycles. The fraction of sp³-hybridized carbons (Fsp3) is 0.333. The van der Waals surface area contributed by atoms with E-state index in [4.69, 9.17) is 5.11 Å². The van der Waals surface area contributed by atoms with Crippen molar-refractivity contribution in [2.45, 2.75) is 32.7 Å². The third-order valence-electron chi connectivity index (χ3n) is 3.12. The molecular weight excluding hydrogens is 240 g/mol. The van der Waals surface area contributed by atoms with Crippen LogP contribution in [0.25, 0.3) is 11.3 Å². The SMILES string of the molecule is CC(C)n1cncc1-c1ccccc1CCC(=O)O. The first-order valence-electron chi connectivity index (χ1n) is 6.41. The summed E-state index contributed by atoms with van der Waals surface area (Å²) in [5, 5.41) is 8.82. The average molecular weight is 258 g/mol. The van der Waals surface area contributed by atoms with Crippen LogP contribution in [-0.2, 0) is 11.2 Å². The number of carbonyl (C=O) groups is 1. The second-order valence-electron chi connectivity index (χ2n) is 4.83. The Morgan fingerprint density at radius 1 is 1.37 bits per heavy atom. The van der Waals surface area contributed by atoms with Gasteiger partial charge < -0.3 is 9.67 Å². The monoisotopic (exact) mass is 258 g/mol. The average Bonchev–Trinajstić information content (AvgIpc) is 2.85. The van der Waals surface area contributed by atoms with Crippen molar-refractivity contribution in [3.63, 3.8) is 0 Å². The Hall–Kier alpha value is -2.10. The van der Waals surface area contributed by atoms with E-state index in [0.29, 0.717) is 12.5 Å². The van der Waals surface area contributed by atoms with Crippen LogP contribution in [-0.4, -0.2) is 20.6 Å². The molecule has 0 saturated carbocycles. The van der Waals surface area contributed by atoms with Gasteiger partial charge in [0.2, 0.25) is 0 Å². The maximum atomic E-state index is 10.7. The van der Waals surface area contributed by atoms with Crippen LogP contribution in [0.2, 0.25) is 0 Å². The molecule has 0 unspecified atom stereocenters. The molecular formula is C15H18N2O2. The van der Waals surface area contributed by atoms with Crippen molar-refractivity contribution in [3.8, 4) is 11.3 Å². The van der Waals surface area contributed by atoms with Gasteiger partial charge in [0.1, 0.15) is 0 Å². The Labute approximate surface area is 112 Å². The number of carboxylic acids is 1. The molecule has 0 saturated heterocycles. The summed E-state index contributed by atoms with van der Waals surface area (Å²) >= 11 is 0. The van der Waals surface area contributed by atoms with Gasteiger partial charge in [-0.05, 0) is 25.8 Å². The summed E-state index contributed by atoms with van der Waals surface area (Å²) < 4.78 is 2.10. The first-order valence-corrected chi connectivity index (χ1v) is 6.41. The van der Waals surface area contributed by atoms with E-state index < -0.39 is 5.97 Å². The van der Waals surface area contributed by atoms with Crippen molar-refractivity contribution in [1.29, 1.82) is 0 Å². The predicted octanol–water partition coefficient (Wildman–Crippen LogP) is 3.15. The number of hydrogen-bond donors (Lipinski definition) is 1. The molecule has 0 radical (unpaired) electrons. The molecule has 4 heteroatoms. The van der Waals surface area contributed by atoms with Crippen molar-refractivity contribution in [2.24, 2.45) is 0 Å². The zero-order valence-corrected chi connectivity index (χ0v) is 11.2. The van der Waals surface area contributed by atoms with Crippen LogP contribution in [0.5, 0.6) is 0 Å². The number of benzene rings is 1. The van der Waals surface area contributed by atoms with Gasteiger partial charge in [-0.2, -0.15) is 0 Å². The topological polar surface area (TPSA) is 55.1 Å². The quantitative estimate of drug-likeness (QED) is 0.896. The van der Waals surface area contributed by atoms with Gasteiger partial charge in [-0.15, -0.1) is 0 Å². The number of aryl methyl sites for hydroxylation is 1. The Morgan fingerprint density at radius 2 is 2.11 bits per heavy atom. The third-order valence-corrected chi connectivity index (χ3v) is 3.12. The fourth-order valence-electron chi connectivity index (χ4n) is 2.15. The van der Waals surface area contributed by atoms with Gasteiger partial charge in [0.05, 0.1) is 18.2 Å². The molecule has 1 aromatic carbocycles. The second kappa shape index (κ2) is 5.69. The molecule has 0 aliphatic rings. The van der Waals surface area contributed by atoms with Crippen LogP contribution in [0.3, 0.4) is 0 Å². The lowest BCUT2D eigenvalue weighted by atomic mass is 10.0. The number of nitrogens with zero attached hydrogens (tertiary/aromatic N) is 2. The lowest BCUT2D eigenvalue weighted by Gasteiger charge is -2.14. The van der Waals surface area contributed by atoms with Crippen LogP contribution in [0.1, 0.15) is 31.9 Å². The molecule has 2 aromatic rings. The largest absolute Gasteiger partial charge is 0.481 e. The van der Waals surface area contributed by atoms with E-state index >= 15 is 0 Å². The lowest BCUT2D eigenvalue weighted by molar-refractivity contribution is -0.136. The zero-order chi connectivity index (χ0) is 13.8. The van der Waals surface area contributed by atoms with E-state index in [-0.39, 0.29) is 6.42 Å². The highest BCUT2D eigenvalue weighted by Gasteiger charge is 2.12. The molecule has 1 heterocycles. The van der Waals surface area contributed by atoms with Crippen molar-refractivity contribution < 1.29 is 9.90 Å². The van der Waals surface area contributed by atoms with E-state index in [1.165, 1.54) is 0 Å². The van der Waals surface area contributed by atoms with Gasteiger partial charge in [-0.1, -0.05) is 24.3 Å². The Morgan fingerprint density at radius 3 is 2.79 bits per heavy atom. The smallest absolute Gasteiger partial charge is 0.303 e. The van der Waals surface area contributed by atoms with Crippen molar-refractivity contribution >= 4 is 5.97 Å².